The average molecular weight is 354 g/mol. The van der Waals surface area contributed by atoms with Gasteiger partial charge in [-0.05, 0) is 48.2 Å². The predicted octanol–water partition coefficient (Wildman–Crippen LogP) is 6.68. The van der Waals surface area contributed by atoms with Crippen LogP contribution in [0, 0.1) is 0 Å². The van der Waals surface area contributed by atoms with E-state index in [1.807, 2.05) is 6.07 Å². The van der Waals surface area contributed by atoms with E-state index in [2.05, 4.69) is 116 Å². The maximum Gasteiger partial charge on any atom is 0.0366 e. The molecule has 0 saturated heterocycles. The zero-order chi connectivity index (χ0) is 18.9. The standard InChI is InChI=1S/C26H27N/c1-3-27(4-2)25-20-18-24(19-21-25)26(23-15-9-6-10-16-23)17-11-14-22-12-7-5-8-13-22/h5-21H,3-4H2,1-2H3. The van der Waals surface area contributed by atoms with Crippen LogP contribution < -0.4 is 4.90 Å². The molecule has 0 radical (unpaired) electrons. The summed E-state index contributed by atoms with van der Waals surface area (Å²) in [4.78, 5) is 2.37. The van der Waals surface area contributed by atoms with E-state index in [0.29, 0.717) is 0 Å². The first-order chi connectivity index (χ1) is 13.3. The van der Waals surface area contributed by atoms with Crippen LogP contribution in [0.5, 0.6) is 0 Å². The Bertz CT molecular complexity index is 871. The summed E-state index contributed by atoms with van der Waals surface area (Å²) in [5.74, 6) is 0. The first-order valence-electron chi connectivity index (χ1n) is 9.66. The fourth-order valence-electron chi connectivity index (χ4n) is 3.24. The first kappa shape index (κ1) is 18.7. The van der Waals surface area contributed by atoms with Crippen molar-refractivity contribution < 1.29 is 0 Å². The molecule has 0 fully saturated rings. The largest absolute Gasteiger partial charge is 0.372 e. The van der Waals surface area contributed by atoms with Gasteiger partial charge in [-0.3, -0.25) is 0 Å². The molecule has 0 amide bonds. The SMILES string of the molecule is CCN(CC)c1ccc(C(=CC=Cc2ccccc2)c2ccccc2)cc1. The van der Waals surface area contributed by atoms with Gasteiger partial charge >= 0.3 is 0 Å². The molecule has 1 nitrogen and oxygen atoms in total. The van der Waals surface area contributed by atoms with Crippen LogP contribution in [-0.2, 0) is 0 Å². The molecule has 3 aromatic carbocycles. The van der Waals surface area contributed by atoms with Crippen LogP contribution in [0.3, 0.4) is 0 Å². The van der Waals surface area contributed by atoms with E-state index in [4.69, 9.17) is 0 Å². The Morgan fingerprint density at radius 2 is 1.26 bits per heavy atom. The van der Waals surface area contributed by atoms with Crippen LogP contribution >= 0.6 is 0 Å². The lowest BCUT2D eigenvalue weighted by atomic mass is 9.97. The van der Waals surface area contributed by atoms with Gasteiger partial charge in [-0.25, -0.2) is 0 Å². The lowest BCUT2D eigenvalue weighted by molar-refractivity contribution is 0.866. The maximum absolute atomic E-state index is 2.37. The summed E-state index contributed by atoms with van der Waals surface area (Å²) in [6, 6.07) is 29.9. The van der Waals surface area contributed by atoms with Crippen LogP contribution in [0.2, 0.25) is 0 Å². The van der Waals surface area contributed by atoms with Crippen LogP contribution in [-0.4, -0.2) is 13.1 Å². The van der Waals surface area contributed by atoms with Gasteiger partial charge in [-0.1, -0.05) is 91.0 Å². The van der Waals surface area contributed by atoms with E-state index in [1.54, 1.807) is 0 Å². The smallest absolute Gasteiger partial charge is 0.0366 e. The second-order valence-electron chi connectivity index (χ2n) is 6.44. The molecular formula is C26H27N. The minimum atomic E-state index is 1.02. The summed E-state index contributed by atoms with van der Waals surface area (Å²) < 4.78 is 0. The Balaban J connectivity index is 1.93. The Hall–Kier alpha value is -3.06. The number of allylic oxidation sites excluding steroid dienone is 2. The quantitative estimate of drug-likeness (QED) is 0.428. The van der Waals surface area contributed by atoms with Gasteiger partial charge in [0, 0.05) is 18.8 Å². The van der Waals surface area contributed by atoms with Crippen molar-refractivity contribution in [2.75, 3.05) is 18.0 Å². The molecule has 0 aromatic heterocycles. The highest BCUT2D eigenvalue weighted by molar-refractivity contribution is 5.82. The van der Waals surface area contributed by atoms with Crippen molar-refractivity contribution in [3.8, 4) is 0 Å². The van der Waals surface area contributed by atoms with Crippen LogP contribution in [0.25, 0.3) is 11.6 Å². The van der Waals surface area contributed by atoms with Crippen molar-refractivity contribution in [3.05, 3.63) is 114 Å². The van der Waals surface area contributed by atoms with E-state index in [9.17, 15) is 0 Å². The van der Waals surface area contributed by atoms with E-state index in [1.165, 1.54) is 28.0 Å². The van der Waals surface area contributed by atoms with Gasteiger partial charge in [-0.15, -0.1) is 0 Å². The molecule has 0 atom stereocenters. The lowest BCUT2D eigenvalue weighted by Gasteiger charge is -2.21. The second-order valence-corrected chi connectivity index (χ2v) is 6.44. The number of hydrogen-bond acceptors (Lipinski definition) is 1. The third-order valence-corrected chi connectivity index (χ3v) is 4.74. The highest BCUT2D eigenvalue weighted by Crippen LogP contribution is 2.26. The van der Waals surface area contributed by atoms with Gasteiger partial charge in [0.25, 0.3) is 0 Å². The van der Waals surface area contributed by atoms with E-state index < -0.39 is 0 Å². The number of anilines is 1. The summed E-state index contributed by atoms with van der Waals surface area (Å²) in [5, 5.41) is 0. The van der Waals surface area contributed by atoms with Gasteiger partial charge in [0.1, 0.15) is 0 Å². The Morgan fingerprint density at radius 1 is 0.704 bits per heavy atom. The average Bonchev–Trinajstić information content (AvgIpc) is 2.74. The van der Waals surface area contributed by atoms with Crippen molar-refractivity contribution in [1.82, 2.24) is 0 Å². The van der Waals surface area contributed by atoms with Crippen molar-refractivity contribution in [2.24, 2.45) is 0 Å². The molecular weight excluding hydrogens is 326 g/mol. The number of rotatable bonds is 7. The fourth-order valence-corrected chi connectivity index (χ4v) is 3.24. The summed E-state index contributed by atoms with van der Waals surface area (Å²) in [5.41, 5.74) is 6.17. The lowest BCUT2D eigenvalue weighted by Crippen LogP contribution is -2.21. The van der Waals surface area contributed by atoms with Crippen LogP contribution in [0.15, 0.2) is 97.1 Å². The molecule has 0 spiro atoms. The first-order valence-corrected chi connectivity index (χ1v) is 9.66. The fraction of sp³-hybridized carbons (Fsp3) is 0.154. The Kier molecular flexibility index (Phi) is 6.65. The molecule has 0 aliphatic rings. The monoisotopic (exact) mass is 353 g/mol. The van der Waals surface area contributed by atoms with Crippen molar-refractivity contribution in [2.45, 2.75) is 13.8 Å². The van der Waals surface area contributed by atoms with E-state index in [0.717, 1.165) is 13.1 Å². The molecule has 0 N–H and O–H groups in total. The Labute approximate surface area is 163 Å². The molecule has 3 rings (SSSR count). The molecule has 0 heterocycles. The number of nitrogens with zero attached hydrogens (tertiary/aromatic N) is 1. The topological polar surface area (TPSA) is 3.24 Å². The van der Waals surface area contributed by atoms with Crippen LogP contribution in [0.1, 0.15) is 30.5 Å². The molecule has 0 aliphatic carbocycles. The molecule has 0 bridgehead atoms. The molecule has 0 saturated carbocycles. The zero-order valence-electron chi connectivity index (χ0n) is 16.2. The molecule has 27 heavy (non-hydrogen) atoms. The number of benzene rings is 3. The van der Waals surface area contributed by atoms with E-state index >= 15 is 0 Å². The highest BCUT2D eigenvalue weighted by Gasteiger charge is 2.06. The van der Waals surface area contributed by atoms with Crippen molar-refractivity contribution in [1.29, 1.82) is 0 Å². The van der Waals surface area contributed by atoms with Gasteiger partial charge in [0.05, 0.1) is 0 Å². The van der Waals surface area contributed by atoms with E-state index in [-0.39, 0.29) is 0 Å². The summed E-state index contributed by atoms with van der Waals surface area (Å²) >= 11 is 0. The summed E-state index contributed by atoms with van der Waals surface area (Å²) in [6.07, 6.45) is 6.48. The van der Waals surface area contributed by atoms with Gasteiger partial charge in [0.15, 0.2) is 0 Å². The molecule has 1 heteroatoms. The zero-order valence-corrected chi connectivity index (χ0v) is 16.2. The van der Waals surface area contributed by atoms with Crippen molar-refractivity contribution >= 4 is 17.3 Å². The van der Waals surface area contributed by atoms with Crippen molar-refractivity contribution in [3.63, 3.8) is 0 Å². The minimum absolute atomic E-state index is 1.02. The van der Waals surface area contributed by atoms with Gasteiger partial charge in [-0.2, -0.15) is 0 Å². The minimum Gasteiger partial charge on any atom is -0.372 e. The summed E-state index contributed by atoms with van der Waals surface area (Å²) in [7, 11) is 0. The second kappa shape index (κ2) is 9.59. The van der Waals surface area contributed by atoms with Crippen LogP contribution in [0.4, 0.5) is 5.69 Å². The Morgan fingerprint density at radius 3 is 1.85 bits per heavy atom. The summed E-state index contributed by atoms with van der Waals surface area (Å²) in [6.45, 7) is 6.44. The number of hydrogen-bond donors (Lipinski definition) is 0. The molecule has 3 aromatic rings. The van der Waals surface area contributed by atoms with Gasteiger partial charge < -0.3 is 4.90 Å². The molecule has 0 unspecified atom stereocenters. The highest BCUT2D eigenvalue weighted by atomic mass is 15.1. The molecule has 136 valence electrons. The third kappa shape index (κ3) is 4.98. The normalized spacial score (nSPS) is 11.7. The third-order valence-electron chi connectivity index (χ3n) is 4.74. The maximum atomic E-state index is 2.37. The predicted molar refractivity (Wildman–Crippen MR) is 119 cm³/mol. The molecule has 0 aliphatic heterocycles. The van der Waals surface area contributed by atoms with Gasteiger partial charge in [0.2, 0.25) is 0 Å².